The number of alkyl halides is 6. The van der Waals surface area contributed by atoms with Crippen molar-refractivity contribution in [2.75, 3.05) is 6.54 Å². The maximum atomic E-state index is 13.5. The molecule has 40 heavy (non-hydrogen) atoms. The predicted molar refractivity (Wildman–Crippen MR) is 125 cm³/mol. The van der Waals surface area contributed by atoms with E-state index >= 15 is 0 Å². The van der Waals surface area contributed by atoms with Gasteiger partial charge in [-0.2, -0.15) is 31.4 Å². The van der Waals surface area contributed by atoms with Gasteiger partial charge in [-0.15, -0.1) is 0 Å². The van der Waals surface area contributed by atoms with E-state index < -0.39 is 47.8 Å². The summed E-state index contributed by atoms with van der Waals surface area (Å²) >= 11 is 0. The van der Waals surface area contributed by atoms with Crippen LogP contribution in [-0.2, 0) is 6.54 Å². The number of fused-ring (bicyclic) bond motifs is 1. The number of nitrogens with one attached hydrogen (secondary N) is 2. The van der Waals surface area contributed by atoms with Gasteiger partial charge in [0.1, 0.15) is 5.69 Å². The molecular formula is C23H26F6N8O3. The number of nitrogens with zero attached hydrogens (tertiary/aromatic N) is 6. The van der Waals surface area contributed by atoms with E-state index in [1.807, 2.05) is 5.32 Å². The lowest BCUT2D eigenvalue weighted by Crippen LogP contribution is -2.53. The summed E-state index contributed by atoms with van der Waals surface area (Å²) in [5, 5.41) is 15.8. The Hall–Kier alpha value is -3.92. The van der Waals surface area contributed by atoms with Crippen LogP contribution in [0.3, 0.4) is 0 Å². The molecular weight excluding hydrogens is 550 g/mol. The second kappa shape index (κ2) is 9.92. The number of hydrogen-bond acceptors (Lipinski definition) is 7. The Morgan fingerprint density at radius 2 is 1.93 bits per heavy atom. The zero-order chi connectivity index (χ0) is 29.7. The van der Waals surface area contributed by atoms with Crippen LogP contribution < -0.4 is 10.6 Å². The van der Waals surface area contributed by atoms with Gasteiger partial charge in [-0.05, 0) is 43.5 Å². The van der Waals surface area contributed by atoms with Crippen LogP contribution in [0, 0.1) is 12.3 Å². The molecule has 1 aliphatic heterocycles. The molecule has 11 nitrogen and oxygen atoms in total. The summed E-state index contributed by atoms with van der Waals surface area (Å²) in [6, 6.07) is -0.402. The minimum absolute atomic E-state index is 0.140. The first-order valence-electron chi connectivity index (χ1n) is 12.0. The minimum Gasteiger partial charge on any atom is -0.342 e. The SMILES string of the molecule is Cc1nonc1C(=O)NC(CCC(C)(C)C(F)(F)F)c1cn2ncc(CN3CC(C)(C(F)(F)F)NC3=O)cc2n1. The standard InChI is InChI=1S/C23H26F6N8O3/c1-12-17(35-40-34-12)18(38)32-14(5-6-20(2,3)22(24,25)26)15-10-37-16(31-15)7-13(8-30-37)9-36-11-21(4,23(27,28)29)33-19(36)39/h7-8,10,14H,5-6,9,11H2,1-4H3,(H,32,38)(H,33,39). The van der Waals surface area contributed by atoms with E-state index in [4.69, 9.17) is 0 Å². The number of aryl methyl sites for hydroxylation is 1. The van der Waals surface area contributed by atoms with Crippen molar-refractivity contribution >= 4 is 17.6 Å². The zero-order valence-electron chi connectivity index (χ0n) is 21.8. The predicted octanol–water partition coefficient (Wildman–Crippen LogP) is 4.11. The van der Waals surface area contributed by atoms with Gasteiger partial charge in [-0.25, -0.2) is 18.9 Å². The number of carbonyl (C=O) groups excluding carboxylic acids is 2. The molecule has 0 radical (unpaired) electrons. The largest absolute Gasteiger partial charge is 0.413 e. The lowest BCUT2D eigenvalue weighted by atomic mass is 9.85. The molecule has 4 rings (SSSR count). The second-order valence-electron chi connectivity index (χ2n) is 10.6. The highest BCUT2D eigenvalue weighted by molar-refractivity contribution is 5.93. The molecule has 3 amide bonds. The Morgan fingerprint density at radius 3 is 2.50 bits per heavy atom. The highest BCUT2D eigenvalue weighted by atomic mass is 19.4. The van der Waals surface area contributed by atoms with Crippen LogP contribution in [0.1, 0.15) is 67.1 Å². The van der Waals surface area contributed by atoms with Crippen molar-refractivity contribution in [3.05, 3.63) is 41.1 Å². The molecule has 2 N–H and O–H groups in total. The van der Waals surface area contributed by atoms with Crippen molar-refractivity contribution in [3.63, 3.8) is 0 Å². The summed E-state index contributed by atoms with van der Waals surface area (Å²) in [7, 11) is 0. The van der Waals surface area contributed by atoms with Crippen LogP contribution in [0.15, 0.2) is 23.1 Å². The molecule has 0 aromatic carbocycles. The van der Waals surface area contributed by atoms with Gasteiger partial charge in [0, 0.05) is 6.54 Å². The fourth-order valence-electron chi connectivity index (χ4n) is 4.11. The van der Waals surface area contributed by atoms with Crippen molar-refractivity contribution in [1.82, 2.24) is 40.4 Å². The van der Waals surface area contributed by atoms with Crippen molar-refractivity contribution in [2.24, 2.45) is 5.41 Å². The number of carbonyl (C=O) groups is 2. The van der Waals surface area contributed by atoms with Crippen LogP contribution in [0.5, 0.6) is 0 Å². The van der Waals surface area contributed by atoms with E-state index in [9.17, 15) is 35.9 Å². The first-order chi connectivity index (χ1) is 18.4. The molecule has 2 unspecified atom stereocenters. The molecule has 0 aliphatic carbocycles. The summed E-state index contributed by atoms with van der Waals surface area (Å²) < 4.78 is 86.4. The third-order valence-electron chi connectivity index (χ3n) is 6.93. The van der Waals surface area contributed by atoms with Crippen LogP contribution in [0.4, 0.5) is 31.1 Å². The number of imidazole rings is 1. The summed E-state index contributed by atoms with van der Waals surface area (Å²) in [5.41, 5.74) is -3.66. The molecule has 1 saturated heterocycles. The van der Waals surface area contributed by atoms with Gasteiger partial charge in [0.05, 0.1) is 36.1 Å². The van der Waals surface area contributed by atoms with Gasteiger partial charge >= 0.3 is 18.4 Å². The highest BCUT2D eigenvalue weighted by Crippen LogP contribution is 2.42. The smallest absolute Gasteiger partial charge is 0.342 e. The molecule has 17 heteroatoms. The number of halogens is 6. The third-order valence-corrected chi connectivity index (χ3v) is 6.93. The molecule has 0 spiro atoms. The number of amides is 3. The molecule has 1 fully saturated rings. The number of rotatable bonds is 8. The van der Waals surface area contributed by atoms with Gasteiger partial charge in [-0.1, -0.05) is 19.0 Å². The first-order valence-corrected chi connectivity index (χ1v) is 12.0. The quantitative estimate of drug-likeness (QED) is 0.386. The Bertz CT molecular complexity index is 1420. The van der Waals surface area contributed by atoms with Crippen molar-refractivity contribution in [3.8, 4) is 0 Å². The highest BCUT2D eigenvalue weighted by Gasteiger charge is 2.57. The monoisotopic (exact) mass is 576 g/mol. The Balaban J connectivity index is 1.58. The fourth-order valence-corrected chi connectivity index (χ4v) is 4.11. The van der Waals surface area contributed by atoms with E-state index in [0.29, 0.717) is 5.56 Å². The van der Waals surface area contributed by atoms with E-state index in [-0.39, 0.29) is 42.1 Å². The Morgan fingerprint density at radius 1 is 1.23 bits per heavy atom. The van der Waals surface area contributed by atoms with E-state index in [1.54, 1.807) is 0 Å². The molecule has 1 aliphatic rings. The first kappa shape index (κ1) is 29.1. The number of aromatic nitrogens is 5. The fraction of sp³-hybridized carbons (Fsp3) is 0.565. The van der Waals surface area contributed by atoms with Crippen LogP contribution in [0.2, 0.25) is 0 Å². The molecule has 3 aromatic rings. The van der Waals surface area contributed by atoms with Crippen LogP contribution >= 0.6 is 0 Å². The van der Waals surface area contributed by atoms with Gasteiger partial charge in [0.25, 0.3) is 5.91 Å². The molecule has 0 saturated carbocycles. The topological polar surface area (TPSA) is 131 Å². The Labute approximate surface area is 223 Å². The van der Waals surface area contributed by atoms with Gasteiger partial charge in [0.15, 0.2) is 16.9 Å². The van der Waals surface area contributed by atoms with E-state index in [0.717, 1.165) is 25.7 Å². The van der Waals surface area contributed by atoms with Gasteiger partial charge in [-0.3, -0.25) is 4.79 Å². The van der Waals surface area contributed by atoms with Crippen molar-refractivity contribution < 1.29 is 40.6 Å². The van der Waals surface area contributed by atoms with E-state index in [2.05, 4.69) is 30.3 Å². The van der Waals surface area contributed by atoms with Gasteiger partial charge in [0.2, 0.25) is 0 Å². The minimum atomic E-state index is -4.65. The number of urea groups is 1. The van der Waals surface area contributed by atoms with Crippen molar-refractivity contribution in [1.29, 1.82) is 0 Å². The summed E-state index contributed by atoms with van der Waals surface area (Å²) in [6.45, 7) is 3.65. The molecule has 4 heterocycles. The summed E-state index contributed by atoms with van der Waals surface area (Å²) in [5.74, 6) is -0.730. The zero-order valence-corrected chi connectivity index (χ0v) is 21.8. The lowest BCUT2D eigenvalue weighted by Gasteiger charge is -2.29. The van der Waals surface area contributed by atoms with Crippen LogP contribution in [-0.4, -0.2) is 66.2 Å². The second-order valence-corrected chi connectivity index (χ2v) is 10.6. The average molecular weight is 577 g/mol. The molecule has 3 aromatic heterocycles. The van der Waals surface area contributed by atoms with E-state index in [1.165, 1.54) is 29.9 Å². The average Bonchev–Trinajstić information content (AvgIpc) is 3.52. The Kier molecular flexibility index (Phi) is 7.21. The summed E-state index contributed by atoms with van der Waals surface area (Å²) in [4.78, 5) is 30.3. The maximum Gasteiger partial charge on any atom is 0.413 e. The molecule has 218 valence electrons. The summed E-state index contributed by atoms with van der Waals surface area (Å²) in [6.07, 6.45) is -6.90. The maximum absolute atomic E-state index is 13.5. The van der Waals surface area contributed by atoms with Crippen LogP contribution in [0.25, 0.3) is 5.65 Å². The van der Waals surface area contributed by atoms with Crippen molar-refractivity contribution in [2.45, 2.75) is 71.0 Å². The number of hydrogen-bond donors (Lipinski definition) is 2. The third kappa shape index (κ3) is 5.67. The molecule has 0 bridgehead atoms. The lowest BCUT2D eigenvalue weighted by molar-refractivity contribution is -0.214. The van der Waals surface area contributed by atoms with Gasteiger partial charge < -0.3 is 15.5 Å². The molecule has 2 atom stereocenters. The normalized spacial score (nSPS) is 19.2.